The van der Waals surface area contributed by atoms with Crippen molar-refractivity contribution in [2.45, 2.75) is 51.2 Å². The van der Waals surface area contributed by atoms with Crippen LogP contribution in [0.5, 0.6) is 0 Å². The van der Waals surface area contributed by atoms with E-state index in [0.717, 1.165) is 18.2 Å². The third-order valence-corrected chi connectivity index (χ3v) is 6.16. The minimum atomic E-state index is -4.63. The maximum absolute atomic E-state index is 13.6. The molecule has 0 aromatic carbocycles. The van der Waals surface area contributed by atoms with Crippen LogP contribution in [-0.2, 0) is 29.7 Å². The molecule has 2 aromatic rings. The van der Waals surface area contributed by atoms with Gasteiger partial charge >= 0.3 is 6.18 Å². The van der Waals surface area contributed by atoms with Crippen molar-refractivity contribution in [3.63, 3.8) is 0 Å². The van der Waals surface area contributed by atoms with Crippen LogP contribution in [0.4, 0.5) is 13.2 Å². The van der Waals surface area contributed by atoms with Gasteiger partial charge in [-0.3, -0.25) is 4.79 Å². The van der Waals surface area contributed by atoms with E-state index >= 15 is 0 Å². The van der Waals surface area contributed by atoms with Gasteiger partial charge in [-0.1, -0.05) is 17.7 Å². The fourth-order valence-electron chi connectivity index (χ4n) is 3.99. The molecule has 2 atom stereocenters. The van der Waals surface area contributed by atoms with Crippen LogP contribution in [0.3, 0.4) is 0 Å². The summed E-state index contributed by atoms with van der Waals surface area (Å²) in [5.41, 5.74) is -0.287. The van der Waals surface area contributed by atoms with E-state index < -0.39 is 23.8 Å². The summed E-state index contributed by atoms with van der Waals surface area (Å²) in [7, 11) is 1.82. The number of amides is 1. The molecule has 1 aliphatic heterocycles. The maximum Gasteiger partial charge on any atom is 0.414 e. The number of hydrogen-bond acceptors (Lipinski definition) is 5. The van der Waals surface area contributed by atoms with Gasteiger partial charge in [0.05, 0.1) is 40.9 Å². The van der Waals surface area contributed by atoms with E-state index in [0.29, 0.717) is 5.82 Å². The van der Waals surface area contributed by atoms with Crippen LogP contribution in [0.25, 0.3) is 5.82 Å². The molecular formula is C21H20ClF3N6O2. The molecule has 4 rings (SSSR count). The monoisotopic (exact) mass is 480 g/mol. The average Bonchev–Trinajstić information content (AvgIpc) is 3.42. The lowest BCUT2D eigenvalue weighted by molar-refractivity contribution is -0.238. The first-order chi connectivity index (χ1) is 15.4. The average molecular weight is 481 g/mol. The van der Waals surface area contributed by atoms with Crippen molar-refractivity contribution in [1.82, 2.24) is 24.2 Å². The molecule has 2 unspecified atom stereocenters. The van der Waals surface area contributed by atoms with E-state index in [1.54, 1.807) is 28.0 Å². The Kier molecular flexibility index (Phi) is 5.62. The number of aryl methyl sites for hydroxylation is 1. The zero-order valence-electron chi connectivity index (χ0n) is 18.0. The summed E-state index contributed by atoms with van der Waals surface area (Å²) in [6, 6.07) is 1.89. The van der Waals surface area contributed by atoms with Crippen molar-refractivity contribution in [2.24, 2.45) is 7.05 Å². The first-order valence-corrected chi connectivity index (χ1v) is 10.4. The molecule has 12 heteroatoms. The summed E-state index contributed by atoms with van der Waals surface area (Å²) in [6.45, 7) is 2.59. The molecule has 3 heterocycles. The molecule has 174 valence electrons. The summed E-state index contributed by atoms with van der Waals surface area (Å²) in [6.07, 6.45) is -0.467. The highest BCUT2D eigenvalue weighted by Crippen LogP contribution is 2.42. The Balaban J connectivity index is 1.66. The lowest BCUT2D eigenvalue weighted by Gasteiger charge is -2.38. The fraction of sp³-hybridized carbons (Fsp3) is 0.429. The van der Waals surface area contributed by atoms with Gasteiger partial charge in [-0.25, -0.2) is 9.67 Å². The number of imidazole rings is 1. The largest absolute Gasteiger partial charge is 0.414 e. The Hall–Kier alpha value is -3.10. The Labute approximate surface area is 192 Å². The van der Waals surface area contributed by atoms with Crippen LogP contribution in [0.15, 0.2) is 41.0 Å². The predicted octanol–water partition coefficient (Wildman–Crippen LogP) is 3.52. The highest BCUT2D eigenvalue weighted by molar-refractivity contribution is 6.35. The van der Waals surface area contributed by atoms with Crippen LogP contribution in [0.2, 0.25) is 0 Å². The molecule has 0 bridgehead atoms. The van der Waals surface area contributed by atoms with Crippen molar-refractivity contribution >= 4 is 17.5 Å². The third-order valence-electron chi connectivity index (χ3n) is 5.77. The van der Waals surface area contributed by atoms with Crippen LogP contribution in [0.1, 0.15) is 31.5 Å². The van der Waals surface area contributed by atoms with Crippen molar-refractivity contribution in [3.05, 3.63) is 52.2 Å². The number of carbonyl (C=O) groups is 1. The van der Waals surface area contributed by atoms with Crippen LogP contribution in [0, 0.1) is 11.3 Å². The minimum Gasteiger partial charge on any atom is -0.358 e. The summed E-state index contributed by atoms with van der Waals surface area (Å²) < 4.78 is 48.4. The number of nitriles is 1. The van der Waals surface area contributed by atoms with Crippen LogP contribution >= 0.6 is 11.6 Å². The van der Waals surface area contributed by atoms with Gasteiger partial charge < -0.3 is 14.2 Å². The molecule has 1 aliphatic carbocycles. The molecule has 0 N–H and O–H groups in total. The molecule has 33 heavy (non-hydrogen) atoms. The number of aromatic nitrogens is 4. The molecule has 8 nitrogen and oxygen atoms in total. The number of allylic oxidation sites excluding steroid dienone is 2. The number of ether oxygens (including phenoxy) is 1. The third kappa shape index (κ3) is 4.05. The summed E-state index contributed by atoms with van der Waals surface area (Å²) >= 11 is 6.37. The molecule has 0 saturated heterocycles. The first-order valence-electron chi connectivity index (χ1n) is 10.0. The van der Waals surface area contributed by atoms with Gasteiger partial charge in [0.15, 0.2) is 11.9 Å². The number of rotatable bonds is 4. The van der Waals surface area contributed by atoms with E-state index in [4.69, 9.17) is 16.3 Å². The van der Waals surface area contributed by atoms with Gasteiger partial charge in [0.25, 0.3) is 5.91 Å². The minimum absolute atomic E-state index is 0.0251. The lowest BCUT2D eigenvalue weighted by Crippen LogP contribution is -2.46. The second kappa shape index (κ2) is 8.04. The van der Waals surface area contributed by atoms with Gasteiger partial charge in [0, 0.05) is 31.8 Å². The molecule has 0 spiro atoms. The second-order valence-electron chi connectivity index (χ2n) is 8.24. The van der Waals surface area contributed by atoms with Gasteiger partial charge in [0.2, 0.25) is 0 Å². The normalized spacial score (nSPS) is 21.6. The zero-order valence-corrected chi connectivity index (χ0v) is 18.8. The molecule has 0 radical (unpaired) electrons. The van der Waals surface area contributed by atoms with Crippen molar-refractivity contribution in [2.75, 3.05) is 0 Å². The maximum atomic E-state index is 13.6. The van der Waals surface area contributed by atoms with Crippen molar-refractivity contribution in [1.29, 1.82) is 5.26 Å². The Morgan fingerprint density at radius 3 is 2.73 bits per heavy atom. The predicted molar refractivity (Wildman–Crippen MR) is 111 cm³/mol. The highest BCUT2D eigenvalue weighted by Gasteiger charge is 2.48. The molecule has 2 aromatic heterocycles. The number of hydrogen-bond donors (Lipinski definition) is 0. The standard InChI is InChI=1S/C21H20ClF3N6O2/c1-12(21(23,24)25)33-20(2)5-4-13(6-26)18(22)17(20)19(32)30-8-14-7-28-31(15(14)9-30)16-10-29(3)11-27-16/h4,7,10-12H,5,8-9H2,1-3H3. The molecular weight excluding hydrogens is 461 g/mol. The summed E-state index contributed by atoms with van der Waals surface area (Å²) in [5.74, 6) is -0.0219. The number of nitrogens with zero attached hydrogens (tertiary/aromatic N) is 6. The number of carbonyl (C=O) groups excluding carboxylic acids is 1. The van der Waals surface area contributed by atoms with E-state index in [-0.39, 0.29) is 35.7 Å². The Bertz CT molecular complexity index is 1220. The van der Waals surface area contributed by atoms with Gasteiger partial charge in [-0.05, 0) is 13.8 Å². The number of halogens is 4. The van der Waals surface area contributed by atoms with E-state index in [1.807, 2.05) is 13.1 Å². The van der Waals surface area contributed by atoms with E-state index in [1.165, 1.54) is 17.9 Å². The van der Waals surface area contributed by atoms with Gasteiger partial charge in [0.1, 0.15) is 11.7 Å². The molecule has 0 saturated carbocycles. The first kappa shape index (κ1) is 23.1. The SMILES string of the molecule is CC(OC1(C)CC=C(C#N)C(Cl)=C1C(=O)N1Cc2cnn(-c3cn(C)cn3)c2C1)C(F)(F)F. The number of alkyl halides is 3. The molecule has 0 fully saturated rings. The lowest BCUT2D eigenvalue weighted by atomic mass is 9.84. The highest BCUT2D eigenvalue weighted by atomic mass is 35.5. The van der Waals surface area contributed by atoms with Crippen LogP contribution in [-0.4, -0.2) is 48.0 Å². The van der Waals surface area contributed by atoms with Crippen molar-refractivity contribution < 1.29 is 22.7 Å². The van der Waals surface area contributed by atoms with Gasteiger partial charge in [-0.15, -0.1) is 0 Å². The summed E-state index contributed by atoms with van der Waals surface area (Å²) in [4.78, 5) is 19.3. The number of fused-ring (bicyclic) bond motifs is 1. The quantitative estimate of drug-likeness (QED) is 0.668. The second-order valence-corrected chi connectivity index (χ2v) is 8.62. The zero-order chi connectivity index (χ0) is 24.1. The van der Waals surface area contributed by atoms with Crippen LogP contribution < -0.4 is 0 Å². The molecule has 1 amide bonds. The van der Waals surface area contributed by atoms with Crippen molar-refractivity contribution in [3.8, 4) is 11.9 Å². The Morgan fingerprint density at radius 1 is 1.39 bits per heavy atom. The van der Waals surface area contributed by atoms with E-state index in [9.17, 15) is 23.2 Å². The van der Waals surface area contributed by atoms with E-state index in [2.05, 4.69) is 10.1 Å². The fourth-order valence-corrected chi connectivity index (χ4v) is 4.39. The molecule has 2 aliphatic rings. The summed E-state index contributed by atoms with van der Waals surface area (Å²) in [5, 5.41) is 13.5. The topological polar surface area (TPSA) is 89.0 Å². The smallest absolute Gasteiger partial charge is 0.358 e. The Morgan fingerprint density at radius 2 is 2.12 bits per heavy atom. The van der Waals surface area contributed by atoms with Gasteiger partial charge in [-0.2, -0.15) is 23.5 Å².